The number of carbonyl (C=O) groups is 1. The molecule has 2 heterocycles. The number of hydrogen-bond acceptors (Lipinski definition) is 3. The van der Waals surface area contributed by atoms with Crippen molar-refractivity contribution in [2.45, 2.75) is 46.6 Å². The average molecular weight is 278 g/mol. The van der Waals surface area contributed by atoms with E-state index < -0.39 is 0 Å². The van der Waals surface area contributed by atoms with Crippen LogP contribution in [0.15, 0.2) is 0 Å². The first kappa shape index (κ1) is 15.0. The summed E-state index contributed by atoms with van der Waals surface area (Å²) in [5.74, 6) is 0.184. The first-order valence-corrected chi connectivity index (χ1v) is 7.25. The normalized spacial score (nSPS) is 22.1. The van der Waals surface area contributed by atoms with E-state index in [0.29, 0.717) is 6.42 Å². The van der Waals surface area contributed by atoms with Crippen LogP contribution in [-0.2, 0) is 18.3 Å². The maximum absolute atomic E-state index is 12.5. The molecule has 5 nitrogen and oxygen atoms in total. The molecule has 0 bridgehead atoms. The summed E-state index contributed by atoms with van der Waals surface area (Å²) >= 11 is 0. The Bertz CT molecular complexity index is 518. The minimum atomic E-state index is -0.00701. The zero-order chi connectivity index (χ0) is 15.1. The summed E-state index contributed by atoms with van der Waals surface area (Å²) in [6.07, 6.45) is 1.32. The molecule has 112 valence electrons. The van der Waals surface area contributed by atoms with E-state index in [1.807, 2.05) is 30.5 Å². The van der Waals surface area contributed by atoms with E-state index in [4.69, 9.17) is 5.73 Å². The molecule has 0 spiro atoms. The molecule has 1 amide bonds. The molecule has 1 atom stereocenters. The van der Waals surface area contributed by atoms with Gasteiger partial charge in [0.15, 0.2) is 0 Å². The molecule has 1 fully saturated rings. The van der Waals surface area contributed by atoms with Gasteiger partial charge >= 0.3 is 0 Å². The van der Waals surface area contributed by atoms with Gasteiger partial charge < -0.3 is 10.6 Å². The topological polar surface area (TPSA) is 64.2 Å². The maximum Gasteiger partial charge on any atom is 0.227 e. The number of aromatic nitrogens is 2. The van der Waals surface area contributed by atoms with Crippen molar-refractivity contribution in [1.82, 2.24) is 14.7 Å². The van der Waals surface area contributed by atoms with Gasteiger partial charge in [0, 0.05) is 37.4 Å². The largest absolute Gasteiger partial charge is 0.342 e. The molecule has 2 N–H and O–H groups in total. The number of hydrogen-bond donors (Lipinski definition) is 1. The van der Waals surface area contributed by atoms with Crippen molar-refractivity contribution in [3.8, 4) is 0 Å². The molecule has 1 aliphatic rings. The number of carbonyl (C=O) groups excluding carboxylic acids is 1. The Morgan fingerprint density at radius 3 is 2.60 bits per heavy atom. The van der Waals surface area contributed by atoms with Crippen molar-refractivity contribution in [3.05, 3.63) is 17.0 Å². The molecule has 20 heavy (non-hydrogen) atoms. The van der Waals surface area contributed by atoms with E-state index in [9.17, 15) is 4.79 Å². The van der Waals surface area contributed by atoms with Gasteiger partial charge in [0.05, 0.1) is 12.1 Å². The van der Waals surface area contributed by atoms with Gasteiger partial charge in [-0.25, -0.2) is 0 Å². The molecule has 5 heteroatoms. The highest BCUT2D eigenvalue weighted by Gasteiger charge is 2.35. The van der Waals surface area contributed by atoms with Crippen molar-refractivity contribution in [2.24, 2.45) is 18.2 Å². The Balaban J connectivity index is 2.09. The van der Waals surface area contributed by atoms with Crippen molar-refractivity contribution in [1.29, 1.82) is 0 Å². The molecular formula is C15H26N4O. The van der Waals surface area contributed by atoms with Crippen LogP contribution in [0.1, 0.15) is 37.2 Å². The molecule has 0 saturated carbocycles. The van der Waals surface area contributed by atoms with Crippen LogP contribution in [0.5, 0.6) is 0 Å². The Labute approximate surface area is 121 Å². The predicted molar refractivity (Wildman–Crippen MR) is 79.3 cm³/mol. The maximum atomic E-state index is 12.5. The highest BCUT2D eigenvalue weighted by atomic mass is 16.2. The highest BCUT2D eigenvalue weighted by Crippen LogP contribution is 2.28. The number of piperidine rings is 1. The van der Waals surface area contributed by atoms with Crippen LogP contribution in [0.2, 0.25) is 0 Å². The van der Waals surface area contributed by atoms with Crippen LogP contribution >= 0.6 is 0 Å². The molecule has 1 aliphatic heterocycles. The summed E-state index contributed by atoms with van der Waals surface area (Å²) in [7, 11) is 1.92. The Kier molecular flexibility index (Phi) is 3.91. The van der Waals surface area contributed by atoms with Crippen molar-refractivity contribution in [3.63, 3.8) is 0 Å². The average Bonchev–Trinajstić information content (AvgIpc) is 2.59. The first-order chi connectivity index (χ1) is 9.22. The second-order valence-electron chi connectivity index (χ2n) is 6.65. The molecule has 1 unspecified atom stereocenters. The number of likely N-dealkylation sites (tertiary alicyclic amines) is 1. The summed E-state index contributed by atoms with van der Waals surface area (Å²) in [4.78, 5) is 14.5. The minimum absolute atomic E-state index is 0.00701. The minimum Gasteiger partial charge on any atom is -0.342 e. The van der Waals surface area contributed by atoms with E-state index in [-0.39, 0.29) is 17.4 Å². The lowest BCUT2D eigenvalue weighted by molar-refractivity contribution is -0.133. The van der Waals surface area contributed by atoms with Gasteiger partial charge in [-0.15, -0.1) is 0 Å². The number of rotatable bonds is 2. The van der Waals surface area contributed by atoms with Crippen LogP contribution < -0.4 is 5.73 Å². The molecule has 2 rings (SSSR count). The van der Waals surface area contributed by atoms with Crippen LogP contribution in [0, 0.1) is 19.3 Å². The molecule has 1 aromatic heterocycles. The Morgan fingerprint density at radius 1 is 1.45 bits per heavy atom. The zero-order valence-electron chi connectivity index (χ0n) is 13.2. The lowest BCUT2D eigenvalue weighted by atomic mass is 9.79. The number of nitrogens with two attached hydrogens (primary N) is 1. The summed E-state index contributed by atoms with van der Waals surface area (Å²) < 4.78 is 1.84. The fourth-order valence-corrected chi connectivity index (χ4v) is 2.92. The van der Waals surface area contributed by atoms with Crippen LogP contribution in [0.3, 0.4) is 0 Å². The molecule has 1 saturated heterocycles. The fraction of sp³-hybridized carbons (Fsp3) is 0.733. The molecular weight excluding hydrogens is 252 g/mol. The molecule has 0 radical (unpaired) electrons. The zero-order valence-corrected chi connectivity index (χ0v) is 13.2. The third-order valence-corrected chi connectivity index (χ3v) is 4.65. The number of amides is 1. The van der Waals surface area contributed by atoms with Gasteiger partial charge in [-0.05, 0) is 25.7 Å². The quantitative estimate of drug-likeness (QED) is 0.883. The molecule has 0 aliphatic carbocycles. The predicted octanol–water partition coefficient (Wildman–Crippen LogP) is 1.17. The van der Waals surface area contributed by atoms with Crippen LogP contribution in [-0.4, -0.2) is 39.7 Å². The summed E-state index contributed by atoms with van der Waals surface area (Å²) in [5, 5.41) is 4.38. The summed E-state index contributed by atoms with van der Waals surface area (Å²) in [6, 6.07) is 0.174. The standard InChI is InChI=1S/C15H26N4O/c1-10-12(11(2)18(5)17-10)8-14(20)19-7-6-13(16)15(3,4)9-19/h13H,6-9,16H2,1-5H3. The summed E-state index contributed by atoms with van der Waals surface area (Å²) in [5.41, 5.74) is 9.20. The SMILES string of the molecule is Cc1nn(C)c(C)c1CC(=O)N1CCC(N)C(C)(C)C1. The van der Waals surface area contributed by atoms with Gasteiger partial charge in [-0.2, -0.15) is 5.10 Å². The third-order valence-electron chi connectivity index (χ3n) is 4.65. The Morgan fingerprint density at radius 2 is 2.10 bits per heavy atom. The van der Waals surface area contributed by atoms with Gasteiger partial charge in [-0.3, -0.25) is 9.48 Å². The van der Waals surface area contributed by atoms with Gasteiger partial charge in [0.2, 0.25) is 5.91 Å². The van der Waals surface area contributed by atoms with Crippen molar-refractivity contribution >= 4 is 5.91 Å². The first-order valence-electron chi connectivity index (χ1n) is 7.25. The second-order valence-corrected chi connectivity index (χ2v) is 6.65. The van der Waals surface area contributed by atoms with Crippen LogP contribution in [0.25, 0.3) is 0 Å². The lowest BCUT2D eigenvalue weighted by Crippen LogP contribution is -2.54. The second kappa shape index (κ2) is 5.20. The monoisotopic (exact) mass is 278 g/mol. The van der Waals surface area contributed by atoms with Crippen molar-refractivity contribution in [2.75, 3.05) is 13.1 Å². The van der Waals surface area contributed by atoms with Gasteiger partial charge in [0.25, 0.3) is 0 Å². The summed E-state index contributed by atoms with van der Waals surface area (Å²) in [6.45, 7) is 9.76. The van der Waals surface area contributed by atoms with E-state index in [2.05, 4.69) is 18.9 Å². The third kappa shape index (κ3) is 2.73. The lowest BCUT2D eigenvalue weighted by Gasteiger charge is -2.42. The number of aryl methyl sites for hydroxylation is 2. The van der Waals surface area contributed by atoms with Gasteiger partial charge in [-0.1, -0.05) is 13.8 Å². The number of nitrogens with zero attached hydrogens (tertiary/aromatic N) is 3. The Hall–Kier alpha value is -1.36. The van der Waals surface area contributed by atoms with Gasteiger partial charge in [0.1, 0.15) is 0 Å². The van der Waals surface area contributed by atoms with Crippen LogP contribution in [0.4, 0.5) is 0 Å². The van der Waals surface area contributed by atoms with E-state index in [1.54, 1.807) is 0 Å². The van der Waals surface area contributed by atoms with E-state index in [0.717, 1.165) is 36.5 Å². The van der Waals surface area contributed by atoms with E-state index >= 15 is 0 Å². The molecule has 0 aromatic carbocycles. The smallest absolute Gasteiger partial charge is 0.227 e. The van der Waals surface area contributed by atoms with Crippen molar-refractivity contribution < 1.29 is 4.79 Å². The highest BCUT2D eigenvalue weighted by molar-refractivity contribution is 5.79. The fourth-order valence-electron chi connectivity index (χ4n) is 2.92. The van der Waals surface area contributed by atoms with E-state index in [1.165, 1.54) is 0 Å². The molecule has 1 aromatic rings.